The summed E-state index contributed by atoms with van der Waals surface area (Å²) < 4.78 is 0.0874. The molecule has 0 radical (unpaired) electrons. The smallest absolute Gasteiger partial charge is 0.356 e. The van der Waals surface area contributed by atoms with Gasteiger partial charge in [0.2, 0.25) is 0 Å². The van der Waals surface area contributed by atoms with E-state index in [9.17, 15) is 9.59 Å². The average Bonchev–Trinajstić information content (AvgIpc) is 2.83. The molecule has 1 aliphatic rings. The molecule has 6 nitrogen and oxygen atoms in total. The Morgan fingerprint density at radius 3 is 2.63 bits per heavy atom. The van der Waals surface area contributed by atoms with Crippen molar-refractivity contribution in [1.82, 2.24) is 15.3 Å². The fourth-order valence-electron chi connectivity index (χ4n) is 1.89. The zero-order valence-electron chi connectivity index (χ0n) is 10.5. The van der Waals surface area contributed by atoms with E-state index in [-0.39, 0.29) is 22.0 Å². The highest BCUT2D eigenvalue weighted by atomic mass is 32.2. The van der Waals surface area contributed by atoms with Crippen LogP contribution in [0.4, 0.5) is 0 Å². The Labute approximate surface area is 115 Å². The molecule has 19 heavy (non-hydrogen) atoms. The number of amides is 1. The number of nitrogens with one attached hydrogen (secondary N) is 1. The van der Waals surface area contributed by atoms with E-state index < -0.39 is 5.97 Å². The van der Waals surface area contributed by atoms with E-state index in [0.29, 0.717) is 6.54 Å². The van der Waals surface area contributed by atoms with E-state index in [4.69, 9.17) is 5.11 Å². The van der Waals surface area contributed by atoms with Gasteiger partial charge in [0.15, 0.2) is 5.69 Å². The van der Waals surface area contributed by atoms with Gasteiger partial charge >= 0.3 is 5.97 Å². The van der Waals surface area contributed by atoms with Crippen LogP contribution >= 0.6 is 11.8 Å². The first-order valence-corrected chi connectivity index (χ1v) is 6.96. The van der Waals surface area contributed by atoms with Gasteiger partial charge in [-0.1, -0.05) is 0 Å². The highest BCUT2D eigenvalue weighted by molar-refractivity contribution is 8.00. The fourth-order valence-corrected chi connectivity index (χ4v) is 3.13. The maximum absolute atomic E-state index is 11.9. The molecule has 1 amide bonds. The summed E-state index contributed by atoms with van der Waals surface area (Å²) in [7, 11) is 0. The Morgan fingerprint density at radius 2 is 2.11 bits per heavy atom. The summed E-state index contributed by atoms with van der Waals surface area (Å²) >= 11 is 1.86. The van der Waals surface area contributed by atoms with Crippen molar-refractivity contribution >= 4 is 23.6 Å². The molecule has 1 atom stereocenters. The maximum Gasteiger partial charge on any atom is 0.356 e. The van der Waals surface area contributed by atoms with Crippen molar-refractivity contribution in [3.63, 3.8) is 0 Å². The van der Waals surface area contributed by atoms with Crippen LogP contribution in [0.1, 0.15) is 40.7 Å². The van der Waals surface area contributed by atoms with Crippen LogP contribution in [0.2, 0.25) is 0 Å². The molecule has 102 valence electrons. The highest BCUT2D eigenvalue weighted by Crippen LogP contribution is 2.36. The number of hydrogen-bond donors (Lipinski definition) is 2. The van der Waals surface area contributed by atoms with Crippen molar-refractivity contribution < 1.29 is 14.7 Å². The molecule has 2 rings (SSSR count). The fraction of sp³-hybridized carbons (Fsp3) is 0.500. The number of aromatic nitrogens is 2. The third-order valence-electron chi connectivity index (χ3n) is 3.03. The molecule has 1 aliphatic heterocycles. The van der Waals surface area contributed by atoms with Gasteiger partial charge in [-0.2, -0.15) is 11.8 Å². The minimum atomic E-state index is -1.16. The SMILES string of the molecule is CC1(CNC(=O)c2cnc(C(=O)O)cn2)CCCS1. The van der Waals surface area contributed by atoms with Gasteiger partial charge in [-0.05, 0) is 25.5 Å². The highest BCUT2D eigenvalue weighted by Gasteiger charge is 2.29. The lowest BCUT2D eigenvalue weighted by atomic mass is 10.1. The molecule has 0 aliphatic carbocycles. The van der Waals surface area contributed by atoms with E-state index in [1.807, 2.05) is 11.8 Å². The van der Waals surface area contributed by atoms with Crippen LogP contribution in [0.15, 0.2) is 12.4 Å². The number of rotatable bonds is 4. The summed E-state index contributed by atoms with van der Waals surface area (Å²) in [5.41, 5.74) is -0.0357. The number of nitrogens with zero attached hydrogens (tertiary/aromatic N) is 2. The molecule has 1 aromatic heterocycles. The number of carbonyl (C=O) groups is 2. The molecule has 2 heterocycles. The van der Waals surface area contributed by atoms with Crippen LogP contribution in [0.5, 0.6) is 0 Å². The number of hydrogen-bond acceptors (Lipinski definition) is 5. The summed E-state index contributed by atoms with van der Waals surface area (Å²) in [5.74, 6) is -0.355. The summed E-state index contributed by atoms with van der Waals surface area (Å²) in [6, 6.07) is 0. The average molecular weight is 281 g/mol. The Morgan fingerprint density at radius 1 is 1.42 bits per heavy atom. The first-order chi connectivity index (χ1) is 9.00. The van der Waals surface area contributed by atoms with Gasteiger partial charge in [-0.15, -0.1) is 0 Å². The molecule has 2 N–H and O–H groups in total. The van der Waals surface area contributed by atoms with E-state index in [1.54, 1.807) is 0 Å². The first-order valence-electron chi connectivity index (χ1n) is 5.98. The van der Waals surface area contributed by atoms with E-state index in [2.05, 4.69) is 22.2 Å². The molecule has 0 bridgehead atoms. The van der Waals surface area contributed by atoms with E-state index in [0.717, 1.165) is 18.4 Å². The zero-order chi connectivity index (χ0) is 13.9. The normalized spacial score (nSPS) is 22.2. The van der Waals surface area contributed by atoms with Crippen LogP contribution in [0.3, 0.4) is 0 Å². The number of carboxylic acids is 1. The Bertz CT molecular complexity index is 483. The third kappa shape index (κ3) is 3.44. The zero-order valence-corrected chi connectivity index (χ0v) is 11.4. The first kappa shape index (κ1) is 13.8. The van der Waals surface area contributed by atoms with Gasteiger partial charge in [-0.25, -0.2) is 14.8 Å². The largest absolute Gasteiger partial charge is 0.476 e. The lowest BCUT2D eigenvalue weighted by Crippen LogP contribution is -2.37. The summed E-state index contributed by atoms with van der Waals surface area (Å²) in [6.07, 6.45) is 4.53. The van der Waals surface area contributed by atoms with Gasteiger partial charge in [0.25, 0.3) is 5.91 Å². The van der Waals surface area contributed by atoms with Crippen molar-refractivity contribution in [1.29, 1.82) is 0 Å². The molecule has 0 aromatic carbocycles. The standard InChI is InChI=1S/C12H15N3O3S/c1-12(3-2-4-19-12)7-15-10(16)8-5-14-9(6-13-8)11(17)18/h5-6H,2-4,7H2,1H3,(H,15,16)(H,17,18). The van der Waals surface area contributed by atoms with Crippen LogP contribution in [0.25, 0.3) is 0 Å². The number of carbonyl (C=O) groups excluding carboxylic acids is 1. The Kier molecular flexibility index (Phi) is 4.04. The van der Waals surface area contributed by atoms with Crippen molar-refractivity contribution in [3.05, 3.63) is 23.8 Å². The molecule has 1 unspecified atom stereocenters. The molecule has 1 aromatic rings. The molecule has 0 spiro atoms. The monoisotopic (exact) mass is 281 g/mol. The van der Waals surface area contributed by atoms with Gasteiger partial charge in [0, 0.05) is 11.3 Å². The second-order valence-corrected chi connectivity index (χ2v) is 6.36. The second-order valence-electron chi connectivity index (χ2n) is 4.68. The lowest BCUT2D eigenvalue weighted by Gasteiger charge is -2.22. The molecular weight excluding hydrogens is 266 g/mol. The molecule has 7 heteroatoms. The van der Waals surface area contributed by atoms with E-state index >= 15 is 0 Å². The number of thioether (sulfide) groups is 1. The third-order valence-corrected chi connectivity index (χ3v) is 4.57. The number of aromatic carboxylic acids is 1. The maximum atomic E-state index is 11.9. The van der Waals surface area contributed by atoms with Crippen molar-refractivity contribution in [2.45, 2.75) is 24.5 Å². The summed E-state index contributed by atoms with van der Waals surface area (Å²) in [4.78, 5) is 29.9. The lowest BCUT2D eigenvalue weighted by molar-refractivity contribution is 0.0689. The van der Waals surface area contributed by atoms with Gasteiger partial charge in [-0.3, -0.25) is 4.79 Å². The van der Waals surface area contributed by atoms with Gasteiger partial charge in [0.05, 0.1) is 12.4 Å². The van der Waals surface area contributed by atoms with Gasteiger partial charge < -0.3 is 10.4 Å². The van der Waals surface area contributed by atoms with Crippen molar-refractivity contribution in [2.24, 2.45) is 0 Å². The van der Waals surface area contributed by atoms with Crippen LogP contribution in [0, 0.1) is 0 Å². The van der Waals surface area contributed by atoms with E-state index in [1.165, 1.54) is 12.6 Å². The van der Waals surface area contributed by atoms with Crippen LogP contribution in [-0.4, -0.2) is 44.0 Å². The minimum absolute atomic E-state index is 0.0874. The Hall–Kier alpha value is -1.63. The van der Waals surface area contributed by atoms with Crippen LogP contribution in [-0.2, 0) is 0 Å². The quantitative estimate of drug-likeness (QED) is 0.861. The summed E-state index contributed by atoms with van der Waals surface area (Å²) in [5, 5.41) is 11.5. The number of carboxylic acid groups (broad SMARTS) is 1. The Balaban J connectivity index is 1.94. The molecule has 0 saturated carbocycles. The molecule has 1 fully saturated rings. The molecular formula is C12H15N3O3S. The second kappa shape index (κ2) is 5.56. The summed E-state index contributed by atoms with van der Waals surface area (Å²) in [6.45, 7) is 2.71. The van der Waals surface area contributed by atoms with Crippen LogP contribution < -0.4 is 5.32 Å². The molecule has 1 saturated heterocycles. The van der Waals surface area contributed by atoms with Crippen molar-refractivity contribution in [2.75, 3.05) is 12.3 Å². The minimum Gasteiger partial charge on any atom is -0.476 e. The topological polar surface area (TPSA) is 92.2 Å². The predicted octanol–water partition coefficient (Wildman–Crippen LogP) is 1.19. The van der Waals surface area contributed by atoms with Gasteiger partial charge in [0.1, 0.15) is 5.69 Å². The predicted molar refractivity (Wildman–Crippen MR) is 71.4 cm³/mol. The van der Waals surface area contributed by atoms with Crippen molar-refractivity contribution in [3.8, 4) is 0 Å².